The van der Waals surface area contributed by atoms with Crippen molar-refractivity contribution in [3.8, 4) is 0 Å². The third-order valence-corrected chi connectivity index (χ3v) is 6.96. The van der Waals surface area contributed by atoms with Crippen molar-refractivity contribution in [1.82, 2.24) is 25.0 Å². The van der Waals surface area contributed by atoms with Crippen LogP contribution in [0.4, 0.5) is 0 Å². The van der Waals surface area contributed by atoms with Crippen LogP contribution in [0.3, 0.4) is 0 Å². The number of carbonyl (C=O) groups is 1. The van der Waals surface area contributed by atoms with Gasteiger partial charge in [-0.1, -0.05) is 0 Å². The van der Waals surface area contributed by atoms with Crippen LogP contribution in [-0.2, 0) is 17.7 Å². The number of aromatic nitrogens is 3. The summed E-state index contributed by atoms with van der Waals surface area (Å²) < 4.78 is 7.22. The Hall–Kier alpha value is -2.45. The minimum atomic E-state index is -0.293. The van der Waals surface area contributed by atoms with Crippen molar-refractivity contribution in [2.24, 2.45) is 5.92 Å². The van der Waals surface area contributed by atoms with Gasteiger partial charge in [0.05, 0.1) is 24.9 Å². The van der Waals surface area contributed by atoms with Gasteiger partial charge in [0.1, 0.15) is 5.56 Å². The molecule has 2 aromatic rings. The lowest BCUT2D eigenvalue weighted by Gasteiger charge is -2.47. The van der Waals surface area contributed by atoms with Crippen molar-refractivity contribution in [1.29, 1.82) is 0 Å². The highest BCUT2D eigenvalue weighted by molar-refractivity contribution is 5.93. The van der Waals surface area contributed by atoms with Gasteiger partial charge in [-0.15, -0.1) is 0 Å². The number of amides is 1. The highest BCUT2D eigenvalue weighted by Crippen LogP contribution is 2.36. The van der Waals surface area contributed by atoms with Gasteiger partial charge in [-0.05, 0) is 50.3 Å². The van der Waals surface area contributed by atoms with Crippen LogP contribution in [0.1, 0.15) is 45.3 Å². The molecular formula is C22H29N5O3. The van der Waals surface area contributed by atoms with E-state index < -0.39 is 0 Å². The van der Waals surface area contributed by atoms with Crippen LogP contribution >= 0.6 is 0 Å². The van der Waals surface area contributed by atoms with Gasteiger partial charge in [0.15, 0.2) is 0 Å². The molecule has 3 aliphatic heterocycles. The Balaban J connectivity index is 1.29. The molecule has 0 aromatic carbocycles. The molecular weight excluding hydrogens is 382 g/mol. The first-order chi connectivity index (χ1) is 14.5. The number of likely N-dealkylation sites (tertiary alicyclic amines) is 1. The summed E-state index contributed by atoms with van der Waals surface area (Å²) in [5.41, 5.74) is 4.24. The van der Waals surface area contributed by atoms with E-state index in [1.165, 1.54) is 0 Å². The van der Waals surface area contributed by atoms with Crippen LogP contribution in [0.15, 0.2) is 16.9 Å². The molecule has 2 bridgehead atoms. The Morgan fingerprint density at radius 2 is 2.10 bits per heavy atom. The Labute approximate surface area is 175 Å². The molecule has 2 atom stereocenters. The Kier molecular flexibility index (Phi) is 4.99. The monoisotopic (exact) mass is 411 g/mol. The predicted molar refractivity (Wildman–Crippen MR) is 112 cm³/mol. The molecule has 2 saturated heterocycles. The fourth-order valence-corrected chi connectivity index (χ4v) is 5.23. The van der Waals surface area contributed by atoms with Crippen LogP contribution in [0.5, 0.6) is 0 Å². The number of hydrogen-bond acceptors (Lipinski definition) is 5. The van der Waals surface area contributed by atoms with E-state index >= 15 is 0 Å². The summed E-state index contributed by atoms with van der Waals surface area (Å²) in [5, 5.41) is 10.1. The van der Waals surface area contributed by atoms with Crippen molar-refractivity contribution in [3.63, 3.8) is 0 Å². The van der Waals surface area contributed by atoms with E-state index in [0.717, 1.165) is 55.4 Å². The second-order valence-corrected chi connectivity index (χ2v) is 8.95. The molecule has 2 aromatic heterocycles. The van der Waals surface area contributed by atoms with Crippen molar-refractivity contribution in [3.05, 3.63) is 50.7 Å². The lowest BCUT2D eigenvalue weighted by Crippen LogP contribution is -2.56. The molecule has 30 heavy (non-hydrogen) atoms. The number of piperidine rings is 1. The number of nitrogens with one attached hydrogen (secondary N) is 2. The SMILES string of the molecule is Cc1n[nH]c(C)c1CCNC(=O)c1ccc2n(c1=O)C[C@H]1C[C@@H]2CN(C2COC2)C1. The van der Waals surface area contributed by atoms with Crippen molar-refractivity contribution >= 4 is 5.91 Å². The number of pyridine rings is 1. The minimum absolute atomic E-state index is 0.157. The molecule has 5 rings (SSSR count). The number of ether oxygens (including phenoxy) is 1. The van der Waals surface area contributed by atoms with Gasteiger partial charge in [0.2, 0.25) is 0 Å². The van der Waals surface area contributed by atoms with Gasteiger partial charge in [0.25, 0.3) is 11.5 Å². The van der Waals surface area contributed by atoms with E-state index in [-0.39, 0.29) is 17.0 Å². The number of rotatable bonds is 5. The van der Waals surface area contributed by atoms with E-state index in [1.54, 1.807) is 6.07 Å². The molecule has 0 unspecified atom stereocenters. The highest BCUT2D eigenvalue weighted by Gasteiger charge is 2.39. The van der Waals surface area contributed by atoms with Gasteiger partial charge in [-0.25, -0.2) is 0 Å². The first kappa shape index (κ1) is 19.5. The normalized spacial score (nSPS) is 23.7. The first-order valence-corrected chi connectivity index (χ1v) is 10.9. The summed E-state index contributed by atoms with van der Waals surface area (Å²) in [7, 11) is 0. The maximum Gasteiger partial charge on any atom is 0.263 e. The molecule has 0 spiro atoms. The van der Waals surface area contributed by atoms with Crippen molar-refractivity contribution in [2.45, 2.75) is 45.2 Å². The number of aromatic amines is 1. The molecule has 160 valence electrons. The summed E-state index contributed by atoms with van der Waals surface area (Å²) in [6, 6.07) is 4.23. The van der Waals surface area contributed by atoms with Gasteiger partial charge < -0.3 is 14.6 Å². The average Bonchev–Trinajstić information content (AvgIpc) is 2.99. The molecule has 5 heterocycles. The quantitative estimate of drug-likeness (QED) is 0.765. The number of hydrogen-bond donors (Lipinski definition) is 2. The van der Waals surface area contributed by atoms with Crippen LogP contribution in [0, 0.1) is 19.8 Å². The lowest BCUT2D eigenvalue weighted by molar-refractivity contribution is -0.0827. The maximum absolute atomic E-state index is 13.1. The summed E-state index contributed by atoms with van der Waals surface area (Å²) in [4.78, 5) is 28.4. The van der Waals surface area contributed by atoms with Gasteiger partial charge in [-0.2, -0.15) is 5.10 Å². The summed E-state index contributed by atoms with van der Waals surface area (Å²) in [5.74, 6) is 0.521. The van der Waals surface area contributed by atoms with Crippen LogP contribution in [0.2, 0.25) is 0 Å². The third-order valence-electron chi connectivity index (χ3n) is 6.96. The summed E-state index contributed by atoms with van der Waals surface area (Å²) in [6.07, 6.45) is 1.81. The zero-order chi connectivity index (χ0) is 20.8. The number of nitrogens with zero attached hydrogens (tertiary/aromatic N) is 3. The standard InChI is InChI=1S/C22H29N5O3/c1-13-18(14(2)25-24-13)5-6-23-21(28)19-3-4-20-16-7-15(9-27(20)22(19)29)8-26(10-16)17-11-30-12-17/h3-4,15-17H,5-12H2,1-2H3,(H,23,28)(H,24,25)/t15-,16+/m0/s1. The number of H-pyrrole nitrogens is 1. The second kappa shape index (κ2) is 7.67. The highest BCUT2D eigenvalue weighted by atomic mass is 16.5. The molecule has 0 radical (unpaired) electrons. The molecule has 0 aliphatic carbocycles. The number of aryl methyl sites for hydroxylation is 2. The minimum Gasteiger partial charge on any atom is -0.378 e. The topological polar surface area (TPSA) is 92.2 Å². The molecule has 3 aliphatic rings. The van der Waals surface area contributed by atoms with Crippen LogP contribution < -0.4 is 10.9 Å². The molecule has 1 amide bonds. The Morgan fingerprint density at radius 3 is 2.80 bits per heavy atom. The zero-order valence-electron chi connectivity index (χ0n) is 17.6. The number of carbonyl (C=O) groups excluding carboxylic acids is 1. The van der Waals surface area contributed by atoms with E-state index in [2.05, 4.69) is 20.4 Å². The molecule has 8 heteroatoms. The summed E-state index contributed by atoms with van der Waals surface area (Å²) in [6.45, 7) is 8.73. The van der Waals surface area contributed by atoms with E-state index in [0.29, 0.717) is 37.4 Å². The zero-order valence-corrected chi connectivity index (χ0v) is 17.6. The maximum atomic E-state index is 13.1. The predicted octanol–water partition coefficient (Wildman–Crippen LogP) is 0.979. The lowest BCUT2D eigenvalue weighted by atomic mass is 9.82. The molecule has 2 N–H and O–H groups in total. The van der Waals surface area contributed by atoms with Gasteiger partial charge >= 0.3 is 0 Å². The van der Waals surface area contributed by atoms with Gasteiger partial charge in [0, 0.05) is 43.5 Å². The number of fused-ring (bicyclic) bond motifs is 4. The Bertz CT molecular complexity index is 1000. The fraction of sp³-hybridized carbons (Fsp3) is 0.591. The van der Waals surface area contributed by atoms with Crippen LogP contribution in [0.25, 0.3) is 0 Å². The van der Waals surface area contributed by atoms with E-state index in [9.17, 15) is 9.59 Å². The van der Waals surface area contributed by atoms with E-state index in [1.807, 2.05) is 24.5 Å². The fourth-order valence-electron chi connectivity index (χ4n) is 5.23. The molecule has 2 fully saturated rings. The molecule has 0 saturated carbocycles. The average molecular weight is 412 g/mol. The largest absolute Gasteiger partial charge is 0.378 e. The first-order valence-electron chi connectivity index (χ1n) is 10.9. The third kappa shape index (κ3) is 3.37. The summed E-state index contributed by atoms with van der Waals surface area (Å²) >= 11 is 0. The van der Waals surface area contributed by atoms with Crippen LogP contribution in [-0.4, -0.2) is 64.5 Å². The smallest absolute Gasteiger partial charge is 0.263 e. The van der Waals surface area contributed by atoms with Gasteiger partial charge in [-0.3, -0.25) is 19.6 Å². The van der Waals surface area contributed by atoms with Crippen molar-refractivity contribution in [2.75, 3.05) is 32.8 Å². The second-order valence-electron chi connectivity index (χ2n) is 8.95. The molecule has 8 nitrogen and oxygen atoms in total. The van der Waals surface area contributed by atoms with Crippen molar-refractivity contribution < 1.29 is 9.53 Å². The Morgan fingerprint density at radius 1 is 1.27 bits per heavy atom. The van der Waals surface area contributed by atoms with E-state index in [4.69, 9.17) is 4.74 Å².